The maximum absolute atomic E-state index is 13.9. The van der Waals surface area contributed by atoms with E-state index in [1.54, 1.807) is 4.72 Å². The first-order valence-corrected chi connectivity index (χ1v) is 9.84. The average molecular weight is 433 g/mol. The number of alkyl halides is 3. The molecule has 0 fully saturated rings. The molecule has 0 bridgehead atoms. The predicted molar refractivity (Wildman–Crippen MR) is 85.0 cm³/mol. The number of halogens is 5. The Morgan fingerprint density at radius 2 is 1.62 bits per heavy atom. The van der Waals surface area contributed by atoms with Crippen molar-refractivity contribution in [3.8, 4) is 0 Å². The molecule has 0 spiro atoms. The summed E-state index contributed by atoms with van der Waals surface area (Å²) in [7, 11) is -8.93. The molecular formula is C13H9ClF4N2O4S2. The van der Waals surface area contributed by atoms with Crippen molar-refractivity contribution < 1.29 is 34.4 Å². The third-order valence-electron chi connectivity index (χ3n) is 3.06. The Morgan fingerprint density at radius 3 is 2.12 bits per heavy atom. The van der Waals surface area contributed by atoms with E-state index < -0.39 is 58.1 Å². The van der Waals surface area contributed by atoms with Crippen LogP contribution < -0.4 is 9.86 Å². The minimum absolute atomic E-state index is 0.293. The molecule has 142 valence electrons. The van der Waals surface area contributed by atoms with E-state index in [1.807, 2.05) is 0 Å². The highest BCUT2D eigenvalue weighted by molar-refractivity contribution is 7.92. The van der Waals surface area contributed by atoms with Crippen LogP contribution in [0.4, 0.5) is 23.2 Å². The number of sulfonamides is 2. The molecule has 13 heteroatoms. The van der Waals surface area contributed by atoms with Crippen molar-refractivity contribution in [2.24, 2.45) is 5.14 Å². The molecule has 3 N–H and O–H groups in total. The Balaban J connectivity index is 2.47. The molecule has 0 aliphatic heterocycles. The van der Waals surface area contributed by atoms with Crippen LogP contribution in [-0.2, 0) is 26.2 Å². The molecule has 0 amide bonds. The van der Waals surface area contributed by atoms with Gasteiger partial charge < -0.3 is 0 Å². The zero-order valence-electron chi connectivity index (χ0n) is 12.4. The number of primary sulfonamides is 1. The molecule has 0 heterocycles. The van der Waals surface area contributed by atoms with Gasteiger partial charge in [-0.3, -0.25) is 4.72 Å². The lowest BCUT2D eigenvalue weighted by Crippen LogP contribution is -2.17. The lowest BCUT2D eigenvalue weighted by molar-refractivity contribution is -0.137. The van der Waals surface area contributed by atoms with Crippen molar-refractivity contribution in [3.05, 3.63) is 52.8 Å². The van der Waals surface area contributed by atoms with Gasteiger partial charge in [-0.1, -0.05) is 11.6 Å². The minimum Gasteiger partial charge on any atom is -0.277 e. The Kier molecular flexibility index (Phi) is 5.25. The standard InChI is InChI=1S/C13H9ClF4N2O4S2/c14-9-3-1-7(13(16,17)18)5-12(9)26(23,24)20-11-4-2-8(6-10(11)15)25(19,21)22/h1-6,20H,(H2,19,21,22). The minimum atomic E-state index is -4.82. The van der Waals surface area contributed by atoms with E-state index in [0.29, 0.717) is 18.2 Å². The number of hydrogen-bond donors (Lipinski definition) is 2. The molecule has 6 nitrogen and oxygen atoms in total. The topological polar surface area (TPSA) is 106 Å². The van der Waals surface area contributed by atoms with Crippen molar-refractivity contribution in [2.45, 2.75) is 16.0 Å². The van der Waals surface area contributed by atoms with E-state index in [0.717, 1.165) is 18.2 Å². The lowest BCUT2D eigenvalue weighted by atomic mass is 10.2. The second-order valence-corrected chi connectivity index (χ2v) is 8.55. The summed E-state index contributed by atoms with van der Waals surface area (Å²) in [5.74, 6) is -1.30. The molecule has 0 aliphatic carbocycles. The number of hydrogen-bond acceptors (Lipinski definition) is 4. The van der Waals surface area contributed by atoms with Crippen LogP contribution in [0.5, 0.6) is 0 Å². The van der Waals surface area contributed by atoms with Crippen molar-refractivity contribution >= 4 is 37.3 Å². The highest BCUT2D eigenvalue weighted by Crippen LogP contribution is 2.34. The fourth-order valence-electron chi connectivity index (χ4n) is 1.84. The van der Waals surface area contributed by atoms with Gasteiger partial charge in [-0.2, -0.15) is 13.2 Å². The summed E-state index contributed by atoms with van der Waals surface area (Å²) < 4.78 is 101. The van der Waals surface area contributed by atoms with Gasteiger partial charge in [0.15, 0.2) is 0 Å². The average Bonchev–Trinajstić information content (AvgIpc) is 2.47. The lowest BCUT2D eigenvalue weighted by Gasteiger charge is -2.13. The molecule has 2 aromatic rings. The normalized spacial score (nSPS) is 12.8. The molecule has 2 aromatic carbocycles. The van der Waals surface area contributed by atoms with Gasteiger partial charge in [-0.15, -0.1) is 0 Å². The highest BCUT2D eigenvalue weighted by Gasteiger charge is 2.33. The first-order chi connectivity index (χ1) is 11.7. The van der Waals surface area contributed by atoms with E-state index in [2.05, 4.69) is 0 Å². The molecule has 0 atom stereocenters. The van der Waals surface area contributed by atoms with Crippen molar-refractivity contribution in [1.29, 1.82) is 0 Å². The molecule has 2 rings (SSSR count). The molecule has 0 saturated heterocycles. The van der Waals surface area contributed by atoms with Crippen LogP contribution in [-0.4, -0.2) is 16.8 Å². The fourth-order valence-corrected chi connectivity index (χ4v) is 3.96. The quantitative estimate of drug-likeness (QED) is 0.724. The van der Waals surface area contributed by atoms with Gasteiger partial charge in [0, 0.05) is 0 Å². The van der Waals surface area contributed by atoms with Crippen LogP contribution in [0.15, 0.2) is 46.2 Å². The van der Waals surface area contributed by atoms with E-state index in [-0.39, 0.29) is 0 Å². The van der Waals surface area contributed by atoms with E-state index in [1.165, 1.54) is 0 Å². The van der Waals surface area contributed by atoms with Crippen LogP contribution in [0.3, 0.4) is 0 Å². The van der Waals surface area contributed by atoms with Crippen molar-refractivity contribution in [1.82, 2.24) is 0 Å². The van der Waals surface area contributed by atoms with Gasteiger partial charge in [-0.05, 0) is 36.4 Å². The summed E-state index contributed by atoms with van der Waals surface area (Å²) in [6.45, 7) is 0. The first-order valence-electron chi connectivity index (χ1n) is 6.44. The molecule has 0 radical (unpaired) electrons. The Morgan fingerprint density at radius 1 is 1.00 bits per heavy atom. The number of nitrogens with one attached hydrogen (secondary N) is 1. The third-order valence-corrected chi connectivity index (χ3v) is 5.82. The second kappa shape index (κ2) is 6.68. The maximum atomic E-state index is 13.9. The number of rotatable bonds is 4. The van der Waals surface area contributed by atoms with Crippen LogP contribution >= 0.6 is 11.6 Å². The van der Waals surface area contributed by atoms with Crippen LogP contribution in [0, 0.1) is 5.82 Å². The Labute approximate surface area is 150 Å². The zero-order chi connectivity index (χ0) is 19.9. The third kappa shape index (κ3) is 4.44. The molecule has 26 heavy (non-hydrogen) atoms. The van der Waals surface area contributed by atoms with Gasteiger partial charge in [0.05, 0.1) is 21.2 Å². The largest absolute Gasteiger partial charge is 0.416 e. The first kappa shape index (κ1) is 20.4. The number of nitrogens with two attached hydrogens (primary N) is 1. The number of benzene rings is 2. The van der Waals surface area contributed by atoms with Crippen LogP contribution in [0.1, 0.15) is 5.56 Å². The predicted octanol–water partition coefficient (Wildman–Crippen LogP) is 2.95. The van der Waals surface area contributed by atoms with Gasteiger partial charge >= 0.3 is 6.18 Å². The van der Waals surface area contributed by atoms with E-state index in [4.69, 9.17) is 16.7 Å². The smallest absolute Gasteiger partial charge is 0.277 e. The summed E-state index contributed by atoms with van der Waals surface area (Å²) in [4.78, 5) is -1.54. The molecule has 0 saturated carbocycles. The summed E-state index contributed by atoms with van der Waals surface area (Å²) in [5, 5.41) is 4.29. The van der Waals surface area contributed by atoms with E-state index >= 15 is 0 Å². The summed E-state index contributed by atoms with van der Waals surface area (Å²) in [5.41, 5.74) is -1.97. The van der Waals surface area contributed by atoms with Crippen LogP contribution in [0.2, 0.25) is 5.02 Å². The fraction of sp³-hybridized carbons (Fsp3) is 0.0769. The molecule has 0 unspecified atom stereocenters. The monoisotopic (exact) mass is 432 g/mol. The Hall–Kier alpha value is -1.89. The van der Waals surface area contributed by atoms with Gasteiger partial charge in [0.25, 0.3) is 10.0 Å². The Bertz CT molecular complexity index is 1070. The second-order valence-electron chi connectivity index (χ2n) is 4.94. The molecule has 0 aliphatic rings. The molecule has 0 aromatic heterocycles. The summed E-state index contributed by atoms with van der Waals surface area (Å²) in [6.07, 6.45) is -4.82. The molecular weight excluding hydrogens is 424 g/mol. The summed E-state index contributed by atoms with van der Waals surface area (Å²) >= 11 is 5.65. The highest BCUT2D eigenvalue weighted by atomic mass is 35.5. The van der Waals surface area contributed by atoms with Gasteiger partial charge in [0.2, 0.25) is 10.0 Å². The van der Waals surface area contributed by atoms with Gasteiger partial charge in [-0.25, -0.2) is 26.4 Å². The van der Waals surface area contributed by atoms with Crippen molar-refractivity contribution in [3.63, 3.8) is 0 Å². The number of anilines is 1. The summed E-state index contributed by atoms with van der Waals surface area (Å²) in [6, 6.07) is 3.66. The zero-order valence-corrected chi connectivity index (χ0v) is 14.8. The van der Waals surface area contributed by atoms with Crippen LogP contribution in [0.25, 0.3) is 0 Å². The van der Waals surface area contributed by atoms with Gasteiger partial charge in [0.1, 0.15) is 10.7 Å². The SMILES string of the molecule is NS(=O)(=O)c1ccc(NS(=O)(=O)c2cc(C(F)(F)F)ccc2Cl)c(F)c1. The van der Waals surface area contributed by atoms with Crippen molar-refractivity contribution in [2.75, 3.05) is 4.72 Å². The maximum Gasteiger partial charge on any atom is 0.416 e. The van der Waals surface area contributed by atoms with E-state index in [9.17, 15) is 34.4 Å².